The Morgan fingerprint density at radius 1 is 1.00 bits per heavy atom. The van der Waals surface area contributed by atoms with Crippen molar-refractivity contribution in [1.82, 2.24) is 19.1 Å². The number of aromatic nitrogens is 4. The average Bonchev–Trinajstić information content (AvgIpc) is 3.18. The Kier molecular flexibility index (Phi) is 5.49. The van der Waals surface area contributed by atoms with Gasteiger partial charge in [-0.3, -0.25) is 9.36 Å². The standard InChI is InChI=1S/C25H27N5O2/c1-29-24(32)21-22(28-25(29)26-19-14-8-9-15-20(19)31)27-23(18-12-6-3-7-13-18)30(21)16-17-10-4-2-5-11-17/h2-7,10-13,19-20,31H,8-9,14-16H2,1H3,(H,26,28). The van der Waals surface area contributed by atoms with Crippen molar-refractivity contribution in [3.63, 3.8) is 0 Å². The molecule has 0 saturated heterocycles. The first-order chi connectivity index (χ1) is 15.6. The molecule has 2 aromatic carbocycles. The summed E-state index contributed by atoms with van der Waals surface area (Å²) >= 11 is 0. The smallest absolute Gasteiger partial charge is 0.280 e. The van der Waals surface area contributed by atoms with Crippen molar-refractivity contribution in [2.24, 2.45) is 7.05 Å². The van der Waals surface area contributed by atoms with Crippen LogP contribution in [0.15, 0.2) is 65.5 Å². The summed E-state index contributed by atoms with van der Waals surface area (Å²) in [4.78, 5) is 23.0. The summed E-state index contributed by atoms with van der Waals surface area (Å²) in [6.45, 7) is 0.520. The zero-order valence-electron chi connectivity index (χ0n) is 18.1. The van der Waals surface area contributed by atoms with E-state index in [1.165, 1.54) is 4.57 Å². The molecule has 0 spiro atoms. The molecule has 0 radical (unpaired) electrons. The third-order valence-electron chi connectivity index (χ3n) is 6.25. The van der Waals surface area contributed by atoms with Gasteiger partial charge in [-0.25, -0.2) is 4.98 Å². The fourth-order valence-electron chi connectivity index (χ4n) is 4.46. The highest BCUT2D eigenvalue weighted by atomic mass is 16.3. The van der Waals surface area contributed by atoms with E-state index in [0.717, 1.165) is 36.8 Å². The maximum atomic E-state index is 13.5. The molecule has 164 valence electrons. The topological polar surface area (TPSA) is 85.0 Å². The lowest BCUT2D eigenvalue weighted by Crippen LogP contribution is -2.38. The molecular weight excluding hydrogens is 402 g/mol. The number of hydrogen-bond donors (Lipinski definition) is 2. The first kappa shape index (κ1) is 20.5. The monoisotopic (exact) mass is 429 g/mol. The van der Waals surface area contributed by atoms with E-state index in [1.807, 2.05) is 65.2 Å². The van der Waals surface area contributed by atoms with E-state index in [9.17, 15) is 9.90 Å². The van der Waals surface area contributed by atoms with Gasteiger partial charge >= 0.3 is 0 Å². The number of aliphatic hydroxyl groups is 1. The second-order valence-electron chi connectivity index (χ2n) is 8.45. The third-order valence-corrected chi connectivity index (χ3v) is 6.25. The lowest BCUT2D eigenvalue weighted by molar-refractivity contribution is 0.116. The first-order valence-corrected chi connectivity index (χ1v) is 11.1. The summed E-state index contributed by atoms with van der Waals surface area (Å²) in [5.41, 5.74) is 2.74. The Labute approximate surface area is 186 Å². The van der Waals surface area contributed by atoms with Gasteiger partial charge in [0.2, 0.25) is 5.95 Å². The molecular formula is C25H27N5O2. The van der Waals surface area contributed by atoms with Crippen molar-refractivity contribution in [3.8, 4) is 11.4 Å². The molecule has 2 aromatic heterocycles. The fourth-order valence-corrected chi connectivity index (χ4v) is 4.46. The van der Waals surface area contributed by atoms with Crippen LogP contribution < -0.4 is 10.9 Å². The van der Waals surface area contributed by atoms with Crippen LogP contribution in [0.2, 0.25) is 0 Å². The Morgan fingerprint density at radius 2 is 1.69 bits per heavy atom. The number of rotatable bonds is 5. The van der Waals surface area contributed by atoms with Crippen LogP contribution in [0.4, 0.5) is 5.95 Å². The van der Waals surface area contributed by atoms with Gasteiger partial charge in [0.05, 0.1) is 12.1 Å². The maximum Gasteiger partial charge on any atom is 0.280 e. The molecule has 0 bridgehead atoms. The minimum Gasteiger partial charge on any atom is -0.391 e. The minimum atomic E-state index is -0.438. The van der Waals surface area contributed by atoms with Gasteiger partial charge in [0.15, 0.2) is 11.2 Å². The molecule has 2 atom stereocenters. The van der Waals surface area contributed by atoms with Gasteiger partial charge < -0.3 is 15.0 Å². The van der Waals surface area contributed by atoms with E-state index in [4.69, 9.17) is 9.97 Å². The quantitative estimate of drug-likeness (QED) is 0.507. The van der Waals surface area contributed by atoms with Crippen molar-refractivity contribution >= 4 is 17.1 Å². The largest absolute Gasteiger partial charge is 0.391 e. The number of hydrogen-bond acceptors (Lipinski definition) is 5. The highest BCUT2D eigenvalue weighted by molar-refractivity contribution is 5.78. The normalized spacial score (nSPS) is 18.7. The molecule has 0 aliphatic heterocycles. The Morgan fingerprint density at radius 3 is 2.41 bits per heavy atom. The molecule has 2 heterocycles. The molecule has 1 fully saturated rings. The van der Waals surface area contributed by atoms with E-state index in [2.05, 4.69) is 5.32 Å². The highest BCUT2D eigenvalue weighted by Crippen LogP contribution is 2.25. The van der Waals surface area contributed by atoms with Crippen LogP contribution in [0.5, 0.6) is 0 Å². The number of benzene rings is 2. The minimum absolute atomic E-state index is 0.112. The van der Waals surface area contributed by atoms with Crippen LogP contribution in [0.3, 0.4) is 0 Å². The highest BCUT2D eigenvalue weighted by Gasteiger charge is 2.25. The van der Waals surface area contributed by atoms with Crippen LogP contribution >= 0.6 is 0 Å². The summed E-state index contributed by atoms with van der Waals surface area (Å²) in [6, 6.07) is 19.8. The SMILES string of the molecule is Cn1c(NC2CCCCC2O)nc2nc(-c3ccccc3)n(Cc3ccccc3)c2c1=O. The molecule has 7 nitrogen and oxygen atoms in total. The molecule has 1 saturated carbocycles. The first-order valence-electron chi connectivity index (χ1n) is 11.1. The lowest BCUT2D eigenvalue weighted by atomic mass is 9.93. The van der Waals surface area contributed by atoms with Gasteiger partial charge in [-0.1, -0.05) is 73.5 Å². The second-order valence-corrected chi connectivity index (χ2v) is 8.45. The Balaban J connectivity index is 1.65. The lowest BCUT2D eigenvalue weighted by Gasteiger charge is -2.29. The van der Waals surface area contributed by atoms with Gasteiger partial charge in [-0.2, -0.15) is 4.98 Å². The predicted molar refractivity (Wildman–Crippen MR) is 126 cm³/mol. The molecule has 2 unspecified atom stereocenters. The molecule has 32 heavy (non-hydrogen) atoms. The Hall–Kier alpha value is -3.45. The van der Waals surface area contributed by atoms with Gasteiger partial charge in [-0.05, 0) is 18.4 Å². The van der Waals surface area contributed by atoms with Crippen LogP contribution in [0, 0.1) is 0 Å². The van der Waals surface area contributed by atoms with E-state index in [-0.39, 0.29) is 11.6 Å². The maximum absolute atomic E-state index is 13.5. The van der Waals surface area contributed by atoms with Crippen LogP contribution in [-0.4, -0.2) is 36.4 Å². The van der Waals surface area contributed by atoms with Crippen molar-refractivity contribution in [2.45, 2.75) is 44.4 Å². The summed E-state index contributed by atoms with van der Waals surface area (Å²) in [7, 11) is 1.72. The van der Waals surface area contributed by atoms with Gasteiger partial charge in [0, 0.05) is 19.2 Å². The van der Waals surface area contributed by atoms with E-state index in [0.29, 0.717) is 29.5 Å². The van der Waals surface area contributed by atoms with Gasteiger partial charge in [0.1, 0.15) is 5.82 Å². The van der Waals surface area contributed by atoms with E-state index < -0.39 is 6.10 Å². The van der Waals surface area contributed by atoms with Gasteiger partial charge in [0.25, 0.3) is 5.56 Å². The van der Waals surface area contributed by atoms with Crippen molar-refractivity contribution < 1.29 is 5.11 Å². The van der Waals surface area contributed by atoms with Crippen LogP contribution in [0.25, 0.3) is 22.6 Å². The van der Waals surface area contributed by atoms with Crippen molar-refractivity contribution in [2.75, 3.05) is 5.32 Å². The second kappa shape index (κ2) is 8.59. The molecule has 1 aliphatic carbocycles. The number of imidazole rings is 1. The number of nitrogens with zero attached hydrogens (tertiary/aromatic N) is 4. The summed E-state index contributed by atoms with van der Waals surface area (Å²) in [5, 5.41) is 13.7. The number of nitrogens with one attached hydrogen (secondary N) is 1. The molecule has 0 amide bonds. The molecule has 2 N–H and O–H groups in total. The molecule has 5 rings (SSSR count). The van der Waals surface area contributed by atoms with Crippen molar-refractivity contribution in [3.05, 3.63) is 76.6 Å². The number of aliphatic hydroxyl groups excluding tert-OH is 1. The van der Waals surface area contributed by atoms with E-state index >= 15 is 0 Å². The fraction of sp³-hybridized carbons (Fsp3) is 0.320. The zero-order chi connectivity index (χ0) is 22.1. The summed E-state index contributed by atoms with van der Waals surface area (Å²) in [5.74, 6) is 1.15. The van der Waals surface area contributed by atoms with Crippen LogP contribution in [0.1, 0.15) is 31.2 Å². The van der Waals surface area contributed by atoms with Crippen molar-refractivity contribution in [1.29, 1.82) is 0 Å². The third kappa shape index (κ3) is 3.80. The zero-order valence-corrected chi connectivity index (χ0v) is 18.1. The predicted octanol–water partition coefficient (Wildman–Crippen LogP) is 3.56. The average molecular weight is 430 g/mol. The molecule has 7 heteroatoms. The van der Waals surface area contributed by atoms with Gasteiger partial charge in [-0.15, -0.1) is 0 Å². The Bertz CT molecular complexity index is 1280. The molecule has 4 aromatic rings. The van der Waals surface area contributed by atoms with E-state index in [1.54, 1.807) is 7.05 Å². The van der Waals surface area contributed by atoms with Crippen LogP contribution in [-0.2, 0) is 13.6 Å². The summed E-state index contributed by atoms with van der Waals surface area (Å²) < 4.78 is 3.48. The molecule has 1 aliphatic rings. The number of anilines is 1. The summed E-state index contributed by atoms with van der Waals surface area (Å²) in [6.07, 6.45) is 3.25. The number of fused-ring (bicyclic) bond motifs is 1.